The van der Waals surface area contributed by atoms with Gasteiger partial charge in [0.1, 0.15) is 48.7 Å². The van der Waals surface area contributed by atoms with Crippen molar-refractivity contribution in [1.82, 2.24) is 0 Å². The molecule has 23 atom stereocenters. The summed E-state index contributed by atoms with van der Waals surface area (Å²) in [6, 6.07) is 2.71. The number of hydrogen-bond acceptors (Lipinski definition) is 22. The summed E-state index contributed by atoms with van der Waals surface area (Å²) in [5, 5.41) is 73.3. The van der Waals surface area contributed by atoms with Crippen molar-refractivity contribution in [3.63, 3.8) is 0 Å². The summed E-state index contributed by atoms with van der Waals surface area (Å²) in [4.78, 5) is 55.3. The first-order valence-corrected chi connectivity index (χ1v) is 25.3. The first kappa shape index (κ1) is 56.4. The van der Waals surface area contributed by atoms with E-state index in [0.29, 0.717) is 12.8 Å². The molecule has 8 rings (SSSR count). The first-order chi connectivity index (χ1) is 34.8. The Hall–Kier alpha value is -3.76. The van der Waals surface area contributed by atoms with Crippen LogP contribution in [0.2, 0.25) is 0 Å². The van der Waals surface area contributed by atoms with Gasteiger partial charge in [0.15, 0.2) is 48.2 Å². The van der Waals surface area contributed by atoms with E-state index in [0.717, 1.165) is 6.92 Å². The molecule has 414 valence electrons. The number of aromatic hydroxyl groups is 1. The number of nitrogens with two attached hydrogens (primary N) is 1. The Balaban J connectivity index is 1.11. The summed E-state index contributed by atoms with van der Waals surface area (Å²) in [6.45, 7) is 12.4. The zero-order chi connectivity index (χ0) is 54.1. The van der Waals surface area contributed by atoms with Gasteiger partial charge in [0.05, 0.1) is 65.7 Å². The van der Waals surface area contributed by atoms with Gasteiger partial charge in [-0.05, 0) is 53.5 Å². The van der Waals surface area contributed by atoms with Crippen LogP contribution in [0.4, 0.5) is 4.79 Å². The Kier molecular flexibility index (Phi) is 16.5. The number of benzene rings is 1. The number of carbonyl (C=O) groups is 4. The summed E-state index contributed by atoms with van der Waals surface area (Å²) >= 11 is 0. The molecule has 4 heterocycles. The van der Waals surface area contributed by atoms with Crippen molar-refractivity contribution in [2.24, 2.45) is 23.5 Å². The second-order valence-corrected chi connectivity index (χ2v) is 21.3. The predicted octanol–water partition coefficient (Wildman–Crippen LogP) is 1.75. The first-order valence-electron chi connectivity index (χ1n) is 25.3. The minimum Gasteiger partial charge on any atom is -0.507 e. The number of rotatable bonds is 13. The number of methoxy groups -OCH3 is 2. The molecular weight excluding hydrogens is 979 g/mol. The lowest BCUT2D eigenvalue weighted by Gasteiger charge is -2.63. The van der Waals surface area contributed by atoms with Crippen molar-refractivity contribution in [1.29, 1.82) is 0 Å². The number of ketones is 2. The van der Waals surface area contributed by atoms with E-state index in [1.165, 1.54) is 39.4 Å². The molecule has 3 aliphatic carbocycles. The fourth-order valence-electron chi connectivity index (χ4n) is 12.5. The Morgan fingerprint density at radius 2 is 1.49 bits per heavy atom. The smallest absolute Gasteiger partial charge is 0.404 e. The van der Waals surface area contributed by atoms with Gasteiger partial charge in [-0.15, -0.1) is 0 Å². The Morgan fingerprint density at radius 1 is 0.797 bits per heavy atom. The molecule has 1 saturated carbocycles. The summed E-state index contributed by atoms with van der Waals surface area (Å²) < 4.78 is 71.6. The van der Waals surface area contributed by atoms with Gasteiger partial charge in [0.25, 0.3) is 0 Å². The maximum atomic E-state index is 15.3. The quantitative estimate of drug-likeness (QED) is 0.0841. The molecule has 23 unspecified atom stereocenters. The Labute approximate surface area is 428 Å². The highest BCUT2D eigenvalue weighted by Gasteiger charge is 2.79. The molecule has 5 fully saturated rings. The van der Waals surface area contributed by atoms with Gasteiger partial charge >= 0.3 is 12.1 Å². The van der Waals surface area contributed by atoms with Crippen LogP contribution in [0.25, 0.3) is 0 Å². The highest BCUT2D eigenvalue weighted by Crippen LogP contribution is 2.59. The summed E-state index contributed by atoms with van der Waals surface area (Å²) in [5.74, 6) is -8.03. The van der Waals surface area contributed by atoms with Crippen LogP contribution in [0.5, 0.6) is 5.75 Å². The van der Waals surface area contributed by atoms with E-state index in [2.05, 4.69) is 0 Å². The average molecular weight is 1050 g/mol. The third-order valence-electron chi connectivity index (χ3n) is 16.4. The van der Waals surface area contributed by atoms with Gasteiger partial charge in [-0.1, -0.05) is 25.1 Å². The second kappa shape index (κ2) is 21.6. The number of aliphatic hydroxyl groups is 5. The molecule has 23 heteroatoms. The summed E-state index contributed by atoms with van der Waals surface area (Å²) in [7, 11) is 2.65. The molecule has 0 radical (unpaired) electrons. The molecule has 74 heavy (non-hydrogen) atoms. The van der Waals surface area contributed by atoms with E-state index in [-0.39, 0.29) is 41.9 Å². The SMILES string of the molecule is COCOC1C(C)=CC(OC2CC(OC)C(OC(N)=O)C(C)O2)C2(O)C3C(=O)c4ccc(C5CC(OC6CC(C)(O)C(OC7CCC(O)C(C)O7)C(C)O6)C(C)C(C)O5)c(O)c4C(=O)C3C(O)C(OC(C)=O)C12O. The zero-order valence-electron chi connectivity index (χ0n) is 43.3. The standard InChI is InChI=1S/C51H73NO22/c1-20-15-33(72-35-17-32(64-10)44(24(5)68-35)74-48(52)59)50(61)39-38(43(58)47(70-26(7)53)51(50,62)45(20)65-19-63-9)42(57)37-28(41(39)56)12-11-27(40(37)55)31-16-30(21(2)22(3)66-31)71-36-18-49(8,60)46(25(6)69-36)73-34-14-13-29(54)23(4)67-34/h11-12,15,21-25,29-36,38-39,43-47,54-55,58,60-62H,13-14,16-19H2,1-10H3,(H2,52,59). The highest BCUT2D eigenvalue weighted by atomic mass is 16.7. The van der Waals surface area contributed by atoms with E-state index in [4.69, 9.17) is 62.6 Å². The predicted molar refractivity (Wildman–Crippen MR) is 251 cm³/mol. The summed E-state index contributed by atoms with van der Waals surface area (Å²) in [5.41, 5.74) is -2.68. The van der Waals surface area contributed by atoms with Gasteiger partial charge in [0.2, 0.25) is 0 Å². The van der Waals surface area contributed by atoms with E-state index >= 15 is 9.59 Å². The average Bonchev–Trinajstić information content (AvgIpc) is 3.31. The molecule has 1 aromatic carbocycles. The molecule has 0 spiro atoms. The third-order valence-corrected chi connectivity index (χ3v) is 16.4. The Bertz CT molecular complexity index is 2300. The van der Waals surface area contributed by atoms with Crippen molar-refractivity contribution in [3.05, 3.63) is 40.5 Å². The Morgan fingerprint density at radius 3 is 2.12 bits per heavy atom. The minimum atomic E-state index is -3.01. The zero-order valence-corrected chi connectivity index (χ0v) is 43.3. The lowest BCUT2D eigenvalue weighted by molar-refractivity contribution is -0.353. The topological polar surface area (TPSA) is 326 Å². The van der Waals surface area contributed by atoms with Crippen LogP contribution in [0.3, 0.4) is 0 Å². The van der Waals surface area contributed by atoms with Gasteiger partial charge in [0, 0.05) is 63.9 Å². The highest BCUT2D eigenvalue weighted by molar-refractivity contribution is 6.18. The van der Waals surface area contributed by atoms with Gasteiger partial charge in [-0.3, -0.25) is 14.4 Å². The van der Waals surface area contributed by atoms with E-state index in [1.807, 2.05) is 13.8 Å². The van der Waals surface area contributed by atoms with E-state index in [9.17, 15) is 40.2 Å². The monoisotopic (exact) mass is 1050 g/mol. The number of phenolic OH excluding ortho intramolecular Hbond substituents is 1. The fourth-order valence-corrected chi connectivity index (χ4v) is 12.5. The lowest BCUT2D eigenvalue weighted by Crippen LogP contribution is -2.85. The molecule has 0 bridgehead atoms. The number of hydrogen-bond donors (Lipinski definition) is 7. The minimum absolute atomic E-state index is 0.0187. The molecule has 4 aliphatic heterocycles. The molecule has 0 aromatic heterocycles. The maximum absolute atomic E-state index is 15.3. The van der Waals surface area contributed by atoms with Gasteiger partial charge < -0.3 is 93.2 Å². The number of phenols is 1. The van der Waals surface area contributed by atoms with Crippen LogP contribution in [0, 0.1) is 17.8 Å². The number of Topliss-reactive ketones (excluding diaryl/α,β-unsaturated/α-hetero) is 2. The molecule has 23 nitrogen and oxygen atoms in total. The molecular formula is C51H73NO22. The fraction of sp³-hybridized carbons (Fsp3) is 0.765. The number of fused-ring (bicyclic) bond motifs is 4. The number of amides is 1. The van der Waals surface area contributed by atoms with Crippen LogP contribution >= 0.6 is 0 Å². The van der Waals surface area contributed by atoms with Crippen LogP contribution in [-0.4, -0.2) is 190 Å². The van der Waals surface area contributed by atoms with Crippen LogP contribution in [0.1, 0.15) is 120 Å². The van der Waals surface area contributed by atoms with Crippen LogP contribution < -0.4 is 5.73 Å². The van der Waals surface area contributed by atoms with Crippen LogP contribution in [-0.2, 0) is 61.6 Å². The van der Waals surface area contributed by atoms with E-state index in [1.54, 1.807) is 27.7 Å². The molecule has 7 aliphatic rings. The number of primary amides is 1. The van der Waals surface area contributed by atoms with Crippen molar-refractivity contribution in [3.8, 4) is 5.75 Å². The second-order valence-electron chi connectivity index (χ2n) is 21.3. The largest absolute Gasteiger partial charge is 0.507 e. The van der Waals surface area contributed by atoms with Gasteiger partial charge in [-0.2, -0.15) is 0 Å². The normalized spacial score (nSPS) is 45.4. The van der Waals surface area contributed by atoms with Gasteiger partial charge in [-0.25, -0.2) is 4.79 Å². The van der Waals surface area contributed by atoms with Crippen molar-refractivity contribution in [2.75, 3.05) is 21.0 Å². The van der Waals surface area contributed by atoms with Crippen molar-refractivity contribution < 1.29 is 107 Å². The van der Waals surface area contributed by atoms with E-state index < -0.39 is 175 Å². The molecule has 4 saturated heterocycles. The molecule has 1 amide bonds. The van der Waals surface area contributed by atoms with Crippen molar-refractivity contribution in [2.45, 2.75) is 209 Å². The molecule has 8 N–H and O–H groups in total. The number of esters is 1. The lowest BCUT2D eigenvalue weighted by atomic mass is 9.48. The van der Waals surface area contributed by atoms with Crippen LogP contribution in [0.15, 0.2) is 23.8 Å². The third kappa shape index (κ3) is 9.93. The number of carbonyl (C=O) groups excluding carboxylic acids is 4. The molecule has 1 aromatic rings. The summed E-state index contributed by atoms with van der Waals surface area (Å²) in [6.07, 6.45) is -16.9. The van der Waals surface area contributed by atoms with Crippen molar-refractivity contribution >= 4 is 23.6 Å². The number of ether oxygens (including phenoxy) is 12. The number of aliphatic hydroxyl groups excluding tert-OH is 2. The maximum Gasteiger partial charge on any atom is 0.404 e.